The fourth-order valence-corrected chi connectivity index (χ4v) is 6.38. The maximum atomic E-state index is 14.7. The van der Waals surface area contributed by atoms with Crippen LogP contribution in [-0.4, -0.2) is 86.5 Å². The van der Waals surface area contributed by atoms with Crippen LogP contribution in [0.25, 0.3) is 11.3 Å². The standard InChI is InChI=1S/C28H27BrClF2N5O6/c1-42-26-24(36-11-18(34-35-36)16-5-6-17(30)23(32)22(16)31)25(40)21(12-38)43-27(26)28(41)37(19-3-2-4-20(19)39)15-8-13(10-33)7-14(29)9-15/h5-9,11,19-21,24-27,38-40H,2-4,12H2,1H3/t19-,20-,21-,24+,25+,26-,27-/m1/s1. The van der Waals surface area contributed by atoms with Crippen molar-refractivity contribution < 1.29 is 38.4 Å². The Hall–Kier alpha value is -3.03. The number of hydrogen-bond donors (Lipinski definition) is 3. The number of aromatic nitrogens is 3. The highest BCUT2D eigenvalue weighted by atomic mass is 79.9. The van der Waals surface area contributed by atoms with Gasteiger partial charge in [-0.05, 0) is 49.6 Å². The van der Waals surface area contributed by atoms with E-state index in [9.17, 15) is 34.2 Å². The quantitative estimate of drug-likeness (QED) is 0.319. The predicted molar refractivity (Wildman–Crippen MR) is 152 cm³/mol. The molecule has 2 heterocycles. The molecule has 2 aliphatic rings. The number of halogens is 4. The lowest BCUT2D eigenvalue weighted by Crippen LogP contribution is -2.62. The maximum Gasteiger partial charge on any atom is 0.259 e. The summed E-state index contributed by atoms with van der Waals surface area (Å²) in [6.45, 7) is -0.683. The summed E-state index contributed by atoms with van der Waals surface area (Å²) in [5, 5.41) is 49.2. The monoisotopic (exact) mass is 681 g/mol. The third-order valence-electron chi connectivity index (χ3n) is 7.81. The van der Waals surface area contributed by atoms with Crippen molar-refractivity contribution in [2.45, 2.75) is 61.9 Å². The van der Waals surface area contributed by atoms with Gasteiger partial charge in [-0.2, -0.15) is 5.26 Å². The van der Waals surface area contributed by atoms with E-state index in [1.165, 1.54) is 30.3 Å². The van der Waals surface area contributed by atoms with Crippen molar-refractivity contribution in [3.63, 3.8) is 0 Å². The number of anilines is 1. The fraction of sp³-hybridized carbons (Fsp3) is 0.429. The van der Waals surface area contributed by atoms with Crippen molar-refractivity contribution in [2.24, 2.45) is 0 Å². The topological polar surface area (TPSA) is 154 Å². The van der Waals surface area contributed by atoms with Gasteiger partial charge in [0.1, 0.15) is 30.0 Å². The second-order valence-corrected chi connectivity index (χ2v) is 11.7. The smallest absolute Gasteiger partial charge is 0.259 e. The zero-order valence-electron chi connectivity index (χ0n) is 22.6. The molecular weight excluding hydrogens is 656 g/mol. The molecule has 5 rings (SSSR count). The molecule has 1 aliphatic heterocycles. The highest BCUT2D eigenvalue weighted by molar-refractivity contribution is 9.10. The third kappa shape index (κ3) is 5.91. The van der Waals surface area contributed by atoms with E-state index in [4.69, 9.17) is 21.1 Å². The number of carbonyl (C=O) groups excluding carboxylic acids is 1. The number of ether oxygens (including phenoxy) is 2. The maximum absolute atomic E-state index is 14.7. The van der Waals surface area contributed by atoms with Crippen LogP contribution in [0.15, 0.2) is 41.0 Å². The molecule has 15 heteroatoms. The second-order valence-electron chi connectivity index (χ2n) is 10.3. The Morgan fingerprint density at radius 2 is 2.05 bits per heavy atom. The molecule has 2 aromatic carbocycles. The van der Waals surface area contributed by atoms with Crippen molar-refractivity contribution in [1.82, 2.24) is 15.0 Å². The van der Waals surface area contributed by atoms with Crippen LogP contribution in [0.5, 0.6) is 0 Å². The lowest BCUT2D eigenvalue weighted by molar-refractivity contribution is -0.211. The summed E-state index contributed by atoms with van der Waals surface area (Å²) in [5.41, 5.74) is 0.273. The number of rotatable bonds is 7. The summed E-state index contributed by atoms with van der Waals surface area (Å²) in [6.07, 6.45) is -3.46. The van der Waals surface area contributed by atoms with Gasteiger partial charge in [-0.15, -0.1) is 5.10 Å². The molecule has 0 spiro atoms. The number of nitrogens with zero attached hydrogens (tertiary/aromatic N) is 5. The highest BCUT2D eigenvalue weighted by Crippen LogP contribution is 2.38. The van der Waals surface area contributed by atoms with E-state index >= 15 is 0 Å². The van der Waals surface area contributed by atoms with Gasteiger partial charge in [-0.25, -0.2) is 13.5 Å². The van der Waals surface area contributed by atoms with Crippen LogP contribution in [0.1, 0.15) is 30.9 Å². The predicted octanol–water partition coefficient (Wildman–Crippen LogP) is 3.13. The Labute approximate surface area is 258 Å². The lowest BCUT2D eigenvalue weighted by atomic mass is 9.91. The van der Waals surface area contributed by atoms with Crippen LogP contribution in [0.3, 0.4) is 0 Å². The van der Waals surface area contributed by atoms with Gasteiger partial charge in [-0.3, -0.25) is 4.79 Å². The molecule has 2 fully saturated rings. The normalized spacial score (nSPS) is 27.2. The van der Waals surface area contributed by atoms with Crippen LogP contribution in [0.4, 0.5) is 14.5 Å². The summed E-state index contributed by atoms with van der Waals surface area (Å²) >= 11 is 9.04. The molecule has 7 atom stereocenters. The molecule has 3 aromatic rings. The summed E-state index contributed by atoms with van der Waals surface area (Å²) in [6, 6.07) is 7.33. The van der Waals surface area contributed by atoms with Gasteiger partial charge in [-0.1, -0.05) is 32.7 Å². The van der Waals surface area contributed by atoms with Crippen LogP contribution < -0.4 is 4.90 Å². The Morgan fingerprint density at radius 3 is 2.70 bits per heavy atom. The molecule has 3 N–H and O–H groups in total. The van der Waals surface area contributed by atoms with Crippen molar-refractivity contribution in [3.8, 4) is 17.3 Å². The summed E-state index contributed by atoms with van der Waals surface area (Å²) in [5.74, 6) is -3.16. The number of aliphatic hydroxyl groups excluding tert-OH is 3. The second kappa shape index (κ2) is 12.9. The number of benzene rings is 2. The van der Waals surface area contributed by atoms with E-state index in [0.717, 1.165) is 10.7 Å². The van der Waals surface area contributed by atoms with Crippen molar-refractivity contribution in [1.29, 1.82) is 5.26 Å². The molecule has 1 aromatic heterocycles. The fourth-order valence-electron chi connectivity index (χ4n) is 5.75. The molecule has 1 amide bonds. The molecule has 228 valence electrons. The Morgan fingerprint density at radius 1 is 1.28 bits per heavy atom. The molecule has 0 unspecified atom stereocenters. The number of nitriles is 1. The van der Waals surface area contributed by atoms with Gasteiger partial charge in [0.05, 0.1) is 41.6 Å². The van der Waals surface area contributed by atoms with Crippen molar-refractivity contribution in [3.05, 3.63) is 63.2 Å². The van der Waals surface area contributed by atoms with E-state index in [0.29, 0.717) is 29.4 Å². The third-order valence-corrected chi connectivity index (χ3v) is 8.56. The number of hydrogen-bond acceptors (Lipinski definition) is 9. The largest absolute Gasteiger partial charge is 0.394 e. The number of amides is 1. The van der Waals surface area contributed by atoms with Crippen LogP contribution in [0, 0.1) is 23.0 Å². The minimum Gasteiger partial charge on any atom is -0.394 e. The first kappa shape index (κ1) is 31.4. The van der Waals surface area contributed by atoms with Gasteiger partial charge in [0.2, 0.25) is 0 Å². The summed E-state index contributed by atoms with van der Waals surface area (Å²) < 4.78 is 42.1. The van der Waals surface area contributed by atoms with Gasteiger partial charge < -0.3 is 29.7 Å². The Balaban J connectivity index is 1.56. The van der Waals surface area contributed by atoms with Gasteiger partial charge in [0.15, 0.2) is 17.7 Å². The zero-order valence-corrected chi connectivity index (χ0v) is 25.0. The van der Waals surface area contributed by atoms with Crippen molar-refractivity contribution >= 4 is 39.1 Å². The first-order valence-corrected chi connectivity index (χ1v) is 14.5. The average Bonchev–Trinajstić information content (AvgIpc) is 3.64. The molecule has 0 bridgehead atoms. The van der Waals surface area contributed by atoms with Crippen LogP contribution >= 0.6 is 27.5 Å². The SMILES string of the molecule is CO[C@@H]1[C@@H](n2cc(-c3ccc(Cl)c(F)c3F)nn2)[C@@H](O)[C@@H](CO)O[C@H]1C(=O)N(c1cc(Br)cc(C#N)c1)[C@@H]1CCC[C@H]1O. The molecule has 1 aliphatic carbocycles. The van der Waals surface area contributed by atoms with E-state index in [2.05, 4.69) is 32.3 Å². The first-order valence-electron chi connectivity index (χ1n) is 13.3. The molecule has 11 nitrogen and oxygen atoms in total. The van der Waals surface area contributed by atoms with Crippen molar-refractivity contribution in [2.75, 3.05) is 18.6 Å². The van der Waals surface area contributed by atoms with Crippen LogP contribution in [0.2, 0.25) is 5.02 Å². The highest BCUT2D eigenvalue weighted by Gasteiger charge is 2.52. The van der Waals surface area contributed by atoms with E-state index < -0.39 is 71.8 Å². The van der Waals surface area contributed by atoms with Gasteiger partial charge >= 0.3 is 0 Å². The minimum absolute atomic E-state index is 0.0843. The Bertz CT molecular complexity index is 1560. The average molecular weight is 683 g/mol. The van der Waals surface area contributed by atoms with Gasteiger partial charge in [0.25, 0.3) is 5.91 Å². The molecule has 43 heavy (non-hydrogen) atoms. The van der Waals surface area contributed by atoms with E-state index in [-0.39, 0.29) is 16.8 Å². The number of methoxy groups -OCH3 is 1. The number of aliphatic hydroxyl groups is 3. The molecule has 1 saturated carbocycles. The summed E-state index contributed by atoms with van der Waals surface area (Å²) in [4.78, 5) is 15.8. The zero-order chi connectivity index (χ0) is 31.0. The Kier molecular flexibility index (Phi) is 9.43. The van der Waals surface area contributed by atoms with Gasteiger partial charge in [0, 0.05) is 22.8 Å². The molecular formula is C28H27BrClF2N5O6. The minimum atomic E-state index is -1.47. The molecule has 1 saturated heterocycles. The number of carbonyl (C=O) groups is 1. The van der Waals surface area contributed by atoms with E-state index in [1.54, 1.807) is 12.1 Å². The van der Waals surface area contributed by atoms with E-state index in [1.807, 2.05) is 0 Å². The van der Waals surface area contributed by atoms with Crippen LogP contribution in [-0.2, 0) is 14.3 Å². The molecule has 0 radical (unpaired) electrons. The lowest BCUT2D eigenvalue weighted by Gasteiger charge is -2.45. The summed E-state index contributed by atoms with van der Waals surface area (Å²) in [7, 11) is 1.29. The first-order chi connectivity index (χ1) is 20.6.